The Bertz CT molecular complexity index is 397. The van der Waals surface area contributed by atoms with E-state index in [1.54, 1.807) is 43.4 Å². The Morgan fingerprint density at radius 3 is 0.667 bits per heavy atom. The molecule has 0 saturated carbocycles. The molecule has 0 aromatic heterocycles. The molecule has 0 saturated heterocycles. The first kappa shape index (κ1) is 49.4. The second-order valence-electron chi connectivity index (χ2n) is 11.6. The van der Waals surface area contributed by atoms with Crippen LogP contribution in [0.5, 0.6) is 0 Å². The molecule has 0 rings (SSSR count). The summed E-state index contributed by atoms with van der Waals surface area (Å²) < 4.78 is 6.63. The predicted octanol–water partition coefficient (Wildman–Crippen LogP) is 10.0. The minimum absolute atomic E-state index is 0.0736. The van der Waals surface area contributed by atoms with Crippen molar-refractivity contribution in [2.24, 2.45) is 0 Å². The number of rotatable bonds is 28. The zero-order chi connectivity index (χ0) is 32.4. The SMILES string of the molecule is CC(=O)[O-].CC(=O)[O-].CCCCCCC[CH2][Sn+2][CH2]CCCCCCC.CCCCCCC[CH2][Sn+2][CH2]CCCCCCC. The number of unbranched alkanes of at least 4 members (excludes halogenated alkanes) is 20. The van der Waals surface area contributed by atoms with Gasteiger partial charge < -0.3 is 19.8 Å². The molecule has 0 aliphatic rings. The van der Waals surface area contributed by atoms with Gasteiger partial charge in [-0.3, -0.25) is 0 Å². The van der Waals surface area contributed by atoms with Gasteiger partial charge in [0.2, 0.25) is 0 Å². The maximum atomic E-state index is 8.89. The van der Waals surface area contributed by atoms with Crippen LogP contribution >= 0.6 is 0 Å². The van der Waals surface area contributed by atoms with Crippen LogP contribution in [0.15, 0.2) is 0 Å². The van der Waals surface area contributed by atoms with Crippen molar-refractivity contribution in [2.45, 2.75) is 213 Å². The summed E-state index contributed by atoms with van der Waals surface area (Å²) in [6.07, 6.45) is 35.7. The normalized spacial score (nSPS) is 9.67. The molecular formula is C36H74O4Sn2+2. The Labute approximate surface area is 285 Å². The van der Waals surface area contributed by atoms with Crippen LogP contribution in [0.4, 0.5) is 0 Å². The summed E-state index contributed by atoms with van der Waals surface area (Å²) in [5, 5.41) is 17.8. The molecule has 0 bridgehead atoms. The molecule has 0 fully saturated rings. The average molecular weight is 808 g/mol. The van der Waals surface area contributed by atoms with Crippen LogP contribution in [0.1, 0.15) is 196 Å². The van der Waals surface area contributed by atoms with E-state index in [0.717, 1.165) is 13.8 Å². The summed E-state index contributed by atoms with van der Waals surface area (Å²) in [5.74, 6) is -2.17. The Balaban J connectivity index is -0.000000273. The number of aliphatic carboxylic acids is 2. The van der Waals surface area contributed by atoms with Crippen molar-refractivity contribution in [3.05, 3.63) is 0 Å². The van der Waals surface area contributed by atoms with Crippen molar-refractivity contribution in [1.29, 1.82) is 0 Å². The van der Waals surface area contributed by atoms with Crippen molar-refractivity contribution in [2.75, 3.05) is 0 Å². The van der Waals surface area contributed by atoms with E-state index in [0.29, 0.717) is 0 Å². The van der Waals surface area contributed by atoms with Gasteiger partial charge in [0.05, 0.1) is 0 Å². The molecule has 0 aromatic carbocycles. The fraction of sp³-hybridized carbons (Fsp3) is 0.944. The Kier molecular flexibility index (Phi) is 60.2. The second kappa shape index (κ2) is 51.1. The van der Waals surface area contributed by atoms with E-state index in [2.05, 4.69) is 27.7 Å². The quantitative estimate of drug-likeness (QED) is 0.0583. The van der Waals surface area contributed by atoms with Crippen LogP contribution in [-0.4, -0.2) is 54.2 Å². The van der Waals surface area contributed by atoms with Crippen LogP contribution in [0, 0.1) is 0 Å². The van der Waals surface area contributed by atoms with Gasteiger partial charge in [0.15, 0.2) is 0 Å². The minimum atomic E-state index is -1.08. The molecule has 6 heteroatoms. The summed E-state index contributed by atoms with van der Waals surface area (Å²) in [6.45, 7) is 11.1. The fourth-order valence-corrected chi connectivity index (χ4v) is 11.5. The van der Waals surface area contributed by atoms with Gasteiger partial charge >= 0.3 is 242 Å². The average Bonchev–Trinajstić information content (AvgIpc) is 2.94. The summed E-state index contributed by atoms with van der Waals surface area (Å²) in [5.41, 5.74) is 0. The Hall–Kier alpha value is 0.537. The number of carbonyl (C=O) groups excluding carboxylic acids is 2. The molecule has 0 unspecified atom stereocenters. The molecule has 42 heavy (non-hydrogen) atoms. The molecule has 0 aromatic rings. The third-order valence-corrected chi connectivity index (χ3v) is 14.9. The predicted molar refractivity (Wildman–Crippen MR) is 186 cm³/mol. The van der Waals surface area contributed by atoms with Crippen LogP contribution in [0.25, 0.3) is 0 Å². The van der Waals surface area contributed by atoms with Gasteiger partial charge in [0.1, 0.15) is 0 Å². The van der Waals surface area contributed by atoms with Crippen molar-refractivity contribution in [3.8, 4) is 0 Å². The van der Waals surface area contributed by atoms with E-state index in [9.17, 15) is 0 Å². The second-order valence-corrected chi connectivity index (χ2v) is 20.1. The summed E-state index contributed by atoms with van der Waals surface area (Å²) in [4.78, 5) is 17.8. The topological polar surface area (TPSA) is 80.3 Å². The third-order valence-electron chi connectivity index (χ3n) is 6.83. The molecule has 4 nitrogen and oxygen atoms in total. The first-order valence-electron chi connectivity index (χ1n) is 18.1. The first-order chi connectivity index (χ1) is 20.3. The van der Waals surface area contributed by atoms with Gasteiger partial charge in [-0.25, -0.2) is 0 Å². The zero-order valence-corrected chi connectivity index (χ0v) is 35.1. The van der Waals surface area contributed by atoms with Crippen LogP contribution in [0.3, 0.4) is 0 Å². The molecule has 0 heterocycles. The Morgan fingerprint density at radius 1 is 0.357 bits per heavy atom. The van der Waals surface area contributed by atoms with E-state index in [1.165, 1.54) is 128 Å². The first-order valence-corrected chi connectivity index (χ1v) is 26.1. The van der Waals surface area contributed by atoms with Gasteiger partial charge in [-0.2, -0.15) is 0 Å². The number of hydrogen-bond donors (Lipinski definition) is 0. The molecule has 0 amide bonds. The summed E-state index contributed by atoms with van der Waals surface area (Å²) in [6, 6.07) is 0. The number of carboxylic acids is 2. The number of carboxylic acid groups (broad SMARTS) is 2. The molecule has 248 valence electrons. The molecule has 0 radical (unpaired) electrons. The van der Waals surface area contributed by atoms with Crippen LogP contribution in [0.2, 0.25) is 17.7 Å². The molecule has 0 spiro atoms. The van der Waals surface area contributed by atoms with E-state index in [-0.39, 0.29) is 42.3 Å². The molecule has 0 aliphatic heterocycles. The van der Waals surface area contributed by atoms with Gasteiger partial charge in [-0.05, 0) is 13.8 Å². The van der Waals surface area contributed by atoms with Gasteiger partial charge in [0.25, 0.3) is 0 Å². The Morgan fingerprint density at radius 2 is 0.500 bits per heavy atom. The van der Waals surface area contributed by atoms with Gasteiger partial charge in [-0.15, -0.1) is 0 Å². The number of hydrogen-bond acceptors (Lipinski definition) is 4. The van der Waals surface area contributed by atoms with Crippen molar-refractivity contribution >= 4 is 54.2 Å². The van der Waals surface area contributed by atoms with Crippen molar-refractivity contribution in [3.63, 3.8) is 0 Å². The third kappa shape index (κ3) is 77.8. The van der Waals surface area contributed by atoms with Crippen LogP contribution < -0.4 is 10.2 Å². The monoisotopic (exact) mass is 810 g/mol. The summed E-state index contributed by atoms with van der Waals surface area (Å²) in [7, 11) is 0. The molecule has 0 N–H and O–H groups in total. The summed E-state index contributed by atoms with van der Waals surface area (Å²) >= 11 is 0.147. The van der Waals surface area contributed by atoms with E-state index in [1.807, 2.05) is 0 Å². The van der Waals surface area contributed by atoms with Crippen molar-refractivity contribution < 1.29 is 19.8 Å². The van der Waals surface area contributed by atoms with E-state index in [4.69, 9.17) is 19.8 Å². The zero-order valence-electron chi connectivity index (χ0n) is 29.4. The molecular weight excluding hydrogens is 734 g/mol. The maximum absolute atomic E-state index is 8.89. The molecule has 0 atom stereocenters. The van der Waals surface area contributed by atoms with Crippen molar-refractivity contribution in [1.82, 2.24) is 0 Å². The van der Waals surface area contributed by atoms with E-state index < -0.39 is 11.9 Å². The fourth-order valence-electron chi connectivity index (χ4n) is 4.37. The van der Waals surface area contributed by atoms with E-state index >= 15 is 0 Å². The van der Waals surface area contributed by atoms with Gasteiger partial charge in [0, 0.05) is 11.9 Å². The standard InChI is InChI=1S/4C8H17.2C2H4O2.2Sn/c4*1-3-5-7-8-6-4-2;2*1-2(3)4;;/h4*1,3-8H2,2H3;2*1H3,(H,3,4);;/q;;;;;;2*+2/p-2. The van der Waals surface area contributed by atoms with Gasteiger partial charge in [-0.1, -0.05) is 0 Å². The number of carbonyl (C=O) groups is 2. The molecule has 0 aliphatic carbocycles. The van der Waals surface area contributed by atoms with Crippen LogP contribution in [-0.2, 0) is 9.59 Å².